The summed E-state index contributed by atoms with van der Waals surface area (Å²) in [4.78, 5) is 16.7. The summed E-state index contributed by atoms with van der Waals surface area (Å²) in [6, 6.07) is 0. The Hall–Kier alpha value is -4.27. The van der Waals surface area contributed by atoms with Crippen LogP contribution >= 0.6 is 0 Å². The highest BCUT2D eigenvalue weighted by Gasteiger charge is 2.18. The number of fused-ring (bicyclic) bond motifs is 1. The normalized spacial score (nSPS) is 17.4. The van der Waals surface area contributed by atoms with Gasteiger partial charge in [-0.15, -0.1) is 0 Å². The summed E-state index contributed by atoms with van der Waals surface area (Å²) in [5, 5.41) is 14.1. The molecule has 1 aromatic heterocycles. The van der Waals surface area contributed by atoms with Crippen LogP contribution in [-0.4, -0.2) is 35.3 Å². The number of aliphatic imine (C=N–C) groups is 2. The number of allylic oxidation sites excluding steroid dienone is 6. The Morgan fingerprint density at radius 2 is 1.91 bits per heavy atom. The number of nitrogens with zero attached hydrogens (tertiary/aromatic N) is 4. The van der Waals surface area contributed by atoms with Crippen LogP contribution < -0.4 is 22.1 Å². The van der Waals surface area contributed by atoms with E-state index in [-0.39, 0.29) is 5.92 Å². The Bertz CT molecular complexity index is 1130. The molecule has 0 aromatic carbocycles. The lowest BCUT2D eigenvalue weighted by molar-refractivity contribution is 0.806. The van der Waals surface area contributed by atoms with Crippen LogP contribution in [0.4, 0.5) is 0 Å². The van der Waals surface area contributed by atoms with Crippen molar-refractivity contribution in [2.45, 2.75) is 13.8 Å². The maximum Gasteiger partial charge on any atom is 0.132 e. The maximum atomic E-state index is 7.52. The summed E-state index contributed by atoms with van der Waals surface area (Å²) in [5.41, 5.74) is 17.8. The second kappa shape index (κ2) is 10.2. The van der Waals surface area contributed by atoms with Crippen LogP contribution in [-0.2, 0) is 0 Å². The molecule has 3 rings (SSSR count). The lowest BCUT2D eigenvalue weighted by Crippen LogP contribution is -2.27. The summed E-state index contributed by atoms with van der Waals surface area (Å²) in [7, 11) is 1.69. The minimum atomic E-state index is 0.185. The first-order chi connectivity index (χ1) is 15.4. The molecule has 164 valence electrons. The summed E-state index contributed by atoms with van der Waals surface area (Å²) >= 11 is 0. The van der Waals surface area contributed by atoms with Crippen molar-refractivity contribution < 1.29 is 0 Å². The average Bonchev–Trinajstić information content (AvgIpc) is 2.80. The third-order valence-electron chi connectivity index (χ3n) is 4.77. The van der Waals surface area contributed by atoms with E-state index in [9.17, 15) is 0 Å². The van der Waals surface area contributed by atoms with Gasteiger partial charge in [0.05, 0.1) is 17.1 Å². The number of hydrogen-bond donors (Lipinski definition) is 5. The number of hydrogen-bond acceptors (Lipinski definition) is 8. The molecule has 0 saturated heterocycles. The van der Waals surface area contributed by atoms with E-state index >= 15 is 0 Å². The van der Waals surface area contributed by atoms with Gasteiger partial charge in [-0.3, -0.25) is 4.99 Å². The van der Waals surface area contributed by atoms with Crippen LogP contribution in [0, 0.1) is 11.3 Å². The summed E-state index contributed by atoms with van der Waals surface area (Å²) in [6.07, 6.45) is 17.0. The van der Waals surface area contributed by atoms with Crippen molar-refractivity contribution in [2.75, 3.05) is 7.05 Å². The molecule has 0 aliphatic carbocycles. The second-order valence-corrected chi connectivity index (χ2v) is 7.38. The minimum absolute atomic E-state index is 0.185. The molecule has 0 spiro atoms. The first-order valence-electron chi connectivity index (χ1n) is 10.0. The summed E-state index contributed by atoms with van der Waals surface area (Å²) in [6.45, 7) is 4.00. The average molecular weight is 430 g/mol. The van der Waals surface area contributed by atoms with Crippen molar-refractivity contribution in [3.05, 3.63) is 88.7 Å². The first kappa shape index (κ1) is 22.4. The van der Waals surface area contributed by atoms with Gasteiger partial charge in [-0.25, -0.2) is 15.0 Å². The highest BCUT2D eigenvalue weighted by molar-refractivity contribution is 5.98. The van der Waals surface area contributed by atoms with Gasteiger partial charge in [-0.2, -0.15) is 0 Å². The molecule has 0 radical (unpaired) electrons. The maximum absolute atomic E-state index is 7.52. The van der Waals surface area contributed by atoms with Gasteiger partial charge in [0, 0.05) is 54.8 Å². The SMILES string of the molecule is CN=CC(C1=CNC2=CC=C(N=C(N)C=C(C=N)C(C)C)NC2=C1)=C(N)c1cncnc1. The van der Waals surface area contributed by atoms with Crippen LogP contribution in [0.2, 0.25) is 0 Å². The third kappa shape index (κ3) is 5.25. The molecule has 2 aliphatic heterocycles. The lowest BCUT2D eigenvalue weighted by atomic mass is 9.98. The fraction of sp³-hybridized carbons (Fsp3) is 0.174. The smallest absolute Gasteiger partial charge is 0.132 e. The van der Waals surface area contributed by atoms with E-state index < -0.39 is 0 Å². The number of rotatable bonds is 7. The number of amidine groups is 1. The molecular formula is C23H27N9. The monoisotopic (exact) mass is 429 g/mol. The molecule has 0 atom stereocenters. The Morgan fingerprint density at radius 3 is 2.56 bits per heavy atom. The fourth-order valence-electron chi connectivity index (χ4n) is 3.05. The number of nitrogens with one attached hydrogen (secondary N) is 3. The number of nitrogens with two attached hydrogens (primary N) is 2. The quantitative estimate of drug-likeness (QED) is 0.331. The lowest BCUT2D eigenvalue weighted by Gasteiger charge is -2.24. The predicted molar refractivity (Wildman–Crippen MR) is 129 cm³/mol. The molecule has 0 amide bonds. The zero-order chi connectivity index (χ0) is 23.1. The van der Waals surface area contributed by atoms with Crippen LogP contribution in [0.25, 0.3) is 5.70 Å². The van der Waals surface area contributed by atoms with Gasteiger partial charge in [-0.1, -0.05) is 13.8 Å². The van der Waals surface area contributed by atoms with Crippen molar-refractivity contribution >= 4 is 24.0 Å². The molecular weight excluding hydrogens is 402 g/mol. The standard InChI is InChI=1S/C23H27N9/c1-14(2)15(8-24)7-21(25)32-22-5-4-19-20(31-22)6-16(11-30-19)18(12-27-3)23(26)17-9-28-13-29-10-17/h4-14,24,30-31H,26H2,1-3H3,(H2,25,32). The van der Waals surface area contributed by atoms with Gasteiger partial charge < -0.3 is 27.5 Å². The fourth-order valence-corrected chi connectivity index (χ4v) is 3.05. The van der Waals surface area contributed by atoms with E-state index in [0.717, 1.165) is 28.1 Å². The van der Waals surface area contributed by atoms with Crippen molar-refractivity contribution in [3.63, 3.8) is 0 Å². The van der Waals surface area contributed by atoms with Crippen LogP contribution in [0.15, 0.2) is 93.1 Å². The van der Waals surface area contributed by atoms with E-state index in [0.29, 0.717) is 22.9 Å². The number of dihydropyridines is 2. The zero-order valence-corrected chi connectivity index (χ0v) is 18.3. The largest absolute Gasteiger partial charge is 0.398 e. The molecule has 3 heterocycles. The predicted octanol–water partition coefficient (Wildman–Crippen LogP) is 2.14. The molecule has 0 unspecified atom stereocenters. The molecule has 32 heavy (non-hydrogen) atoms. The molecule has 0 fully saturated rings. The van der Waals surface area contributed by atoms with Crippen molar-refractivity contribution in [1.29, 1.82) is 5.41 Å². The molecule has 9 nitrogen and oxygen atoms in total. The molecule has 7 N–H and O–H groups in total. The van der Waals surface area contributed by atoms with Gasteiger partial charge in [0.1, 0.15) is 18.0 Å². The van der Waals surface area contributed by atoms with Crippen molar-refractivity contribution in [2.24, 2.45) is 27.4 Å². The van der Waals surface area contributed by atoms with E-state index in [1.165, 1.54) is 12.5 Å². The van der Waals surface area contributed by atoms with Crippen molar-refractivity contribution in [1.82, 2.24) is 20.6 Å². The van der Waals surface area contributed by atoms with E-state index in [1.807, 2.05) is 38.3 Å². The summed E-state index contributed by atoms with van der Waals surface area (Å²) in [5.74, 6) is 1.09. The highest BCUT2D eigenvalue weighted by atomic mass is 15.1. The third-order valence-corrected chi connectivity index (χ3v) is 4.77. The molecule has 0 bridgehead atoms. The topological polar surface area (TPSA) is 150 Å². The van der Waals surface area contributed by atoms with Gasteiger partial charge in [0.25, 0.3) is 0 Å². The Labute approximate surface area is 187 Å². The minimum Gasteiger partial charge on any atom is -0.398 e. The van der Waals surface area contributed by atoms with Crippen LogP contribution in [0.1, 0.15) is 19.4 Å². The number of aromatic nitrogens is 2. The van der Waals surface area contributed by atoms with E-state index in [4.69, 9.17) is 16.9 Å². The van der Waals surface area contributed by atoms with Crippen LogP contribution in [0.3, 0.4) is 0 Å². The van der Waals surface area contributed by atoms with Gasteiger partial charge in [-0.05, 0) is 35.8 Å². The first-order valence-corrected chi connectivity index (χ1v) is 10.0. The highest BCUT2D eigenvalue weighted by Crippen LogP contribution is 2.25. The van der Waals surface area contributed by atoms with Gasteiger partial charge in [0.2, 0.25) is 0 Å². The Morgan fingerprint density at radius 1 is 1.16 bits per heavy atom. The Balaban J connectivity index is 1.90. The summed E-state index contributed by atoms with van der Waals surface area (Å²) < 4.78 is 0. The van der Waals surface area contributed by atoms with E-state index in [2.05, 4.69) is 30.6 Å². The van der Waals surface area contributed by atoms with Gasteiger partial charge >= 0.3 is 0 Å². The zero-order valence-electron chi connectivity index (χ0n) is 18.3. The van der Waals surface area contributed by atoms with Crippen LogP contribution in [0.5, 0.6) is 0 Å². The molecule has 0 saturated carbocycles. The Kier molecular flexibility index (Phi) is 7.12. The van der Waals surface area contributed by atoms with Gasteiger partial charge in [0.15, 0.2) is 0 Å². The van der Waals surface area contributed by atoms with E-state index in [1.54, 1.807) is 31.7 Å². The second-order valence-electron chi connectivity index (χ2n) is 7.38. The molecule has 2 aliphatic rings. The van der Waals surface area contributed by atoms with Crippen molar-refractivity contribution in [3.8, 4) is 0 Å². The molecule has 9 heteroatoms. The molecule has 1 aromatic rings.